The van der Waals surface area contributed by atoms with Gasteiger partial charge < -0.3 is 39.0 Å². The summed E-state index contributed by atoms with van der Waals surface area (Å²) in [5.74, 6) is 4.52. The van der Waals surface area contributed by atoms with E-state index < -0.39 is 11.9 Å². The molecule has 20 nitrogen and oxygen atoms in total. The second-order valence-electron chi connectivity index (χ2n) is 38.9. The molecule has 3 aromatic heterocycles. The Balaban J connectivity index is 0.000000117. The maximum Gasteiger partial charge on any atom is 0.323 e. The minimum atomic E-state index is -0.976. The Bertz CT molecular complexity index is 5070. The third kappa shape index (κ3) is 15.6. The molecule has 21 rings (SSSR count). The number of aliphatic carboxylic acids is 2. The van der Waals surface area contributed by atoms with E-state index in [4.69, 9.17) is 15.0 Å². The van der Waals surface area contributed by atoms with Gasteiger partial charge in [0.15, 0.2) is 11.4 Å². The summed E-state index contributed by atoms with van der Waals surface area (Å²) in [5.41, 5.74) is 9.41. The molecular weight excluding hydrogens is 1460 g/mol. The van der Waals surface area contributed by atoms with Gasteiger partial charge in [-0.05, 0) is 257 Å². The average molecular weight is 1580 g/mol. The molecule has 15 aliphatic rings. The van der Waals surface area contributed by atoms with Crippen LogP contribution in [-0.4, -0.2) is 149 Å². The van der Waals surface area contributed by atoms with Crippen molar-refractivity contribution in [2.75, 3.05) is 13.1 Å². The molecule has 0 spiro atoms. The molecule has 13 fully saturated rings. The number of fused-ring (bicyclic) bond motifs is 15. The molecule has 0 amide bonds. The number of hydrogen-bond donors (Lipinski definition) is 3. The van der Waals surface area contributed by atoms with Crippen molar-refractivity contribution < 1.29 is 19.8 Å². The van der Waals surface area contributed by atoms with Gasteiger partial charge in [0.2, 0.25) is 0 Å². The van der Waals surface area contributed by atoms with Gasteiger partial charge in [0.1, 0.15) is 18.8 Å². The normalized spacial score (nSPS) is 34.2. The summed E-state index contributed by atoms with van der Waals surface area (Å²) in [4.78, 5) is 97.4. The van der Waals surface area contributed by atoms with Crippen molar-refractivity contribution in [3.8, 4) is 0 Å². The SMILES string of the molecule is C=C1C=CC=C(c2nc3ccccc3n(C3C[C@H]4CCC[C@@H](C3)N4C3C[C@H]4CCC[C@@H](C3)C4)c2=O)N1CC(=O)O.C=C1C=NC=C(c2nc3ccccc3n(C3C[C@H]4CCC[C@@H](C3)N4C3C[C@H]4CCC[C@@H](C3)C4)c2=O)N1.C=C1CCCC(c2nc3ccccc3n(C3C[C@H]4CCC[C@@H](C3)N4C3C[C@H]4CC(C)C[C@@H](C3)C4)c2=O)N1CC(=O)O. The quantitative estimate of drug-likeness (QED) is 0.0979. The molecular formula is C97H123N13O7. The van der Waals surface area contributed by atoms with E-state index in [-0.39, 0.29) is 53.9 Å². The van der Waals surface area contributed by atoms with Gasteiger partial charge in [-0.25, -0.2) is 15.0 Å². The highest BCUT2D eigenvalue weighted by Crippen LogP contribution is 2.53. The number of nitrogens with zero attached hydrogens (tertiary/aromatic N) is 12. The first-order valence-corrected chi connectivity index (χ1v) is 45.7. The van der Waals surface area contributed by atoms with Gasteiger partial charge in [-0.1, -0.05) is 127 Å². The van der Waals surface area contributed by atoms with E-state index in [0.717, 1.165) is 144 Å². The van der Waals surface area contributed by atoms with Crippen LogP contribution >= 0.6 is 0 Å². The molecule has 20 atom stereocenters. The maximum atomic E-state index is 14.5. The second kappa shape index (κ2) is 33.2. The van der Waals surface area contributed by atoms with Crippen LogP contribution in [0.5, 0.6) is 0 Å². The molecule has 20 heteroatoms. The number of aliphatic imine (C=N–C) groups is 1. The Morgan fingerprint density at radius 1 is 0.444 bits per heavy atom. The fraction of sp³-hybridized carbons (Fsp3) is 0.598. The number of carboxylic acids is 2. The molecule has 6 aliphatic carbocycles. The monoisotopic (exact) mass is 1580 g/mol. The number of aromatic nitrogens is 6. The summed E-state index contributed by atoms with van der Waals surface area (Å²) in [6, 6.07) is 29.6. The van der Waals surface area contributed by atoms with Gasteiger partial charge in [-0.2, -0.15) is 0 Å². The summed E-state index contributed by atoms with van der Waals surface area (Å²) in [5, 5.41) is 22.4. The van der Waals surface area contributed by atoms with Gasteiger partial charge in [-0.15, -0.1) is 0 Å². The van der Waals surface area contributed by atoms with Crippen molar-refractivity contribution in [3.05, 3.63) is 182 Å². The summed E-state index contributed by atoms with van der Waals surface area (Å²) in [6.45, 7) is 14.2. The smallest absolute Gasteiger partial charge is 0.323 e. The molecule has 117 heavy (non-hydrogen) atoms. The number of para-hydroxylation sites is 6. The highest BCUT2D eigenvalue weighted by molar-refractivity contribution is 5.86. The van der Waals surface area contributed by atoms with Crippen LogP contribution in [0.25, 0.3) is 44.5 Å². The molecule has 8 unspecified atom stereocenters. The van der Waals surface area contributed by atoms with Gasteiger partial charge in [-0.3, -0.25) is 43.7 Å². The number of rotatable bonds is 13. The van der Waals surface area contributed by atoms with Crippen molar-refractivity contribution in [2.24, 2.45) is 46.4 Å². The third-order valence-electron chi connectivity index (χ3n) is 31.4. The number of benzene rings is 3. The van der Waals surface area contributed by atoms with Crippen molar-refractivity contribution in [1.82, 2.24) is 58.5 Å². The van der Waals surface area contributed by atoms with E-state index in [0.29, 0.717) is 88.2 Å². The summed E-state index contributed by atoms with van der Waals surface area (Å²) < 4.78 is 6.17. The van der Waals surface area contributed by atoms with Crippen LogP contribution in [0.4, 0.5) is 0 Å². The molecule has 12 heterocycles. The zero-order valence-corrected chi connectivity index (χ0v) is 68.9. The lowest BCUT2D eigenvalue weighted by Gasteiger charge is -2.56. The number of nitrogens with one attached hydrogen (secondary N) is 1. The number of carboxylic acid groups (broad SMARTS) is 2. The standard InChI is InChI=1S/C34H46N4O3.C33H40N4O3.C30H37N5O/c1-21-13-23-15-24(14-21)17-27(16-23)37-25-8-6-9-26(37)19-28(18-25)38-30-11-4-3-10-29(30)35-33(34(38)41)31-12-5-7-22(2)36(31)20-32(39)40;1-21-7-4-14-30(35(21)20-31(38)39)32-33(40)37(29-13-3-2-12-28(29)34-32)27-18-24-10-6-11-25(19-27)36(24)26-16-22-8-5-9-23(15-22)17-26;1-19-17-31-18-27(32-19)29-30(36)35(28-11-3-2-10-26(28)33-29)25-15-22-8-5-9-23(16-25)34(22)24-13-20-6-4-7-21(12-20)14-24/h3-4,10-11,21,23-28,31H,2,5-9,12-20H2,1H3,(H,39,40);2-4,7,12-14,22-27H,1,5-6,8-11,15-20H2,(H,38,39);2-3,10-11,17-18,20-25,32H,1,4-9,12-16H2/t21?,23-,24+,25-,26+,27?,28?,31?;22-,23+,24-,25+,26?,27?;20-,21+,22-,23+,24?,25?. The molecule has 0 radical (unpaired) electrons. The van der Waals surface area contributed by atoms with E-state index in [1.807, 2.05) is 82.3 Å². The number of piperidine rings is 7. The first-order chi connectivity index (χ1) is 56.9. The van der Waals surface area contributed by atoms with Crippen molar-refractivity contribution in [2.45, 2.75) is 310 Å². The van der Waals surface area contributed by atoms with Gasteiger partial charge in [0.05, 0.1) is 56.7 Å². The van der Waals surface area contributed by atoms with E-state index in [1.165, 1.54) is 167 Å². The number of allylic oxidation sites excluding steroid dienone is 5. The van der Waals surface area contributed by atoms with Crippen LogP contribution in [0.3, 0.4) is 0 Å². The third-order valence-corrected chi connectivity index (χ3v) is 31.4. The summed E-state index contributed by atoms with van der Waals surface area (Å²) in [7, 11) is 0. The van der Waals surface area contributed by atoms with Gasteiger partial charge in [0, 0.05) is 95.8 Å². The topological polar surface area (TPSA) is 220 Å². The van der Waals surface area contributed by atoms with Crippen LogP contribution in [0.1, 0.15) is 273 Å². The Labute approximate surface area is 689 Å². The predicted octanol–water partition coefficient (Wildman–Crippen LogP) is 17.4. The number of carbonyl (C=O) groups is 2. The zero-order valence-electron chi connectivity index (χ0n) is 68.9. The lowest BCUT2D eigenvalue weighted by Crippen LogP contribution is -2.59. The predicted molar refractivity (Wildman–Crippen MR) is 462 cm³/mol. The highest BCUT2D eigenvalue weighted by atomic mass is 16.4. The van der Waals surface area contributed by atoms with E-state index in [1.54, 1.807) is 29.5 Å². The molecule has 6 saturated carbocycles. The first kappa shape index (κ1) is 78.3. The number of likely N-dealkylation sites (tertiary alicyclic amines) is 1. The summed E-state index contributed by atoms with van der Waals surface area (Å²) in [6.07, 6.45) is 52.6. The Morgan fingerprint density at radius 2 is 0.855 bits per heavy atom. The fourth-order valence-electron chi connectivity index (χ4n) is 27.3. The van der Waals surface area contributed by atoms with Crippen LogP contribution in [0.15, 0.2) is 153 Å². The molecule has 12 bridgehead atoms. The van der Waals surface area contributed by atoms with Gasteiger partial charge in [0.25, 0.3) is 16.7 Å². The van der Waals surface area contributed by atoms with E-state index >= 15 is 0 Å². The first-order valence-electron chi connectivity index (χ1n) is 45.7. The second-order valence-corrected chi connectivity index (χ2v) is 38.9. The van der Waals surface area contributed by atoms with Crippen molar-refractivity contribution in [3.63, 3.8) is 0 Å². The lowest BCUT2D eigenvalue weighted by atomic mass is 9.65. The highest BCUT2D eigenvalue weighted by Gasteiger charge is 2.51. The Kier molecular flexibility index (Phi) is 22.2. The fourth-order valence-corrected chi connectivity index (χ4v) is 27.3. The van der Waals surface area contributed by atoms with Crippen molar-refractivity contribution >= 4 is 62.6 Å². The summed E-state index contributed by atoms with van der Waals surface area (Å²) >= 11 is 0. The average Bonchev–Trinajstić information content (AvgIpc) is 0.746. The molecule has 9 aliphatic heterocycles. The molecule has 3 aromatic carbocycles. The van der Waals surface area contributed by atoms with Crippen LogP contribution < -0.4 is 22.0 Å². The van der Waals surface area contributed by atoms with E-state index in [9.17, 15) is 34.2 Å². The maximum absolute atomic E-state index is 14.5. The van der Waals surface area contributed by atoms with Crippen LogP contribution in [0, 0.1) is 41.4 Å². The largest absolute Gasteiger partial charge is 0.480 e. The minimum absolute atomic E-state index is 0.0129. The Morgan fingerprint density at radius 3 is 1.32 bits per heavy atom. The van der Waals surface area contributed by atoms with Crippen molar-refractivity contribution in [1.29, 1.82) is 0 Å². The zero-order chi connectivity index (χ0) is 79.9. The molecule has 3 N–H and O–H groups in total. The molecule has 618 valence electrons. The molecule has 6 aromatic rings. The minimum Gasteiger partial charge on any atom is -0.480 e. The molecule has 7 saturated heterocycles. The van der Waals surface area contributed by atoms with Crippen LogP contribution in [-0.2, 0) is 9.59 Å². The van der Waals surface area contributed by atoms with Crippen LogP contribution in [0.2, 0.25) is 0 Å². The van der Waals surface area contributed by atoms with E-state index in [2.05, 4.69) is 66.9 Å². The Hall–Kier alpha value is -8.59. The lowest BCUT2D eigenvalue weighted by molar-refractivity contribution is -0.139. The van der Waals surface area contributed by atoms with Gasteiger partial charge >= 0.3 is 11.9 Å². The number of hydrogen-bond acceptors (Lipinski definition) is 15.